The van der Waals surface area contributed by atoms with Gasteiger partial charge in [-0.3, -0.25) is 9.69 Å². The lowest BCUT2D eigenvalue weighted by atomic mass is 9.84. The van der Waals surface area contributed by atoms with Crippen molar-refractivity contribution in [3.05, 3.63) is 0 Å². The molecule has 2 fully saturated rings. The summed E-state index contributed by atoms with van der Waals surface area (Å²) in [4.78, 5) is 17.2. The molecule has 0 saturated carbocycles. The van der Waals surface area contributed by atoms with Crippen LogP contribution >= 0.6 is 0 Å². The second kappa shape index (κ2) is 6.25. The van der Waals surface area contributed by atoms with Crippen molar-refractivity contribution < 1.29 is 4.79 Å². The summed E-state index contributed by atoms with van der Waals surface area (Å²) in [5.41, 5.74) is 0.430. The summed E-state index contributed by atoms with van der Waals surface area (Å²) >= 11 is 0. The maximum atomic E-state index is 12.4. The summed E-state index contributed by atoms with van der Waals surface area (Å²) in [6, 6.07) is 0. The molecule has 2 aliphatic heterocycles. The predicted molar refractivity (Wildman–Crippen MR) is 79.1 cm³/mol. The normalized spacial score (nSPS) is 23.5. The molecule has 2 saturated heterocycles. The Morgan fingerprint density at radius 3 is 2.21 bits per heavy atom. The first-order chi connectivity index (χ1) is 9.16. The van der Waals surface area contributed by atoms with Gasteiger partial charge in [-0.25, -0.2) is 0 Å². The van der Waals surface area contributed by atoms with Gasteiger partial charge in [0, 0.05) is 24.5 Å². The topological polar surface area (TPSA) is 23.6 Å². The van der Waals surface area contributed by atoms with Crippen molar-refractivity contribution in [2.24, 2.45) is 5.92 Å². The van der Waals surface area contributed by atoms with Gasteiger partial charge in [-0.1, -0.05) is 20.8 Å². The monoisotopic (exact) mass is 266 g/mol. The van der Waals surface area contributed by atoms with Gasteiger partial charge >= 0.3 is 0 Å². The van der Waals surface area contributed by atoms with E-state index in [2.05, 4.69) is 30.6 Å². The molecule has 2 heterocycles. The standard InChI is InChI=1S/C16H30N2O/c1-4-14(5-2)15(19)17-12-9-16(10-13-17)8-7-11-18(16)6-3/h14H,4-13H2,1-3H3. The van der Waals surface area contributed by atoms with E-state index in [4.69, 9.17) is 0 Å². The maximum Gasteiger partial charge on any atom is 0.225 e. The average molecular weight is 266 g/mol. The van der Waals surface area contributed by atoms with Gasteiger partial charge in [-0.15, -0.1) is 0 Å². The molecule has 3 heteroatoms. The Kier molecular flexibility index (Phi) is 4.88. The van der Waals surface area contributed by atoms with Gasteiger partial charge in [0.15, 0.2) is 0 Å². The zero-order chi connectivity index (χ0) is 13.9. The number of piperidine rings is 1. The largest absolute Gasteiger partial charge is 0.342 e. The van der Waals surface area contributed by atoms with Crippen molar-refractivity contribution in [2.75, 3.05) is 26.2 Å². The molecule has 0 N–H and O–H groups in total. The van der Waals surface area contributed by atoms with Crippen LogP contribution in [-0.4, -0.2) is 47.4 Å². The van der Waals surface area contributed by atoms with Crippen LogP contribution in [-0.2, 0) is 4.79 Å². The second-order valence-corrected chi connectivity index (χ2v) is 6.25. The lowest BCUT2D eigenvalue weighted by Crippen LogP contribution is -2.53. The quantitative estimate of drug-likeness (QED) is 0.781. The fourth-order valence-electron chi connectivity index (χ4n) is 4.09. The third-order valence-electron chi connectivity index (χ3n) is 5.46. The van der Waals surface area contributed by atoms with Gasteiger partial charge in [0.05, 0.1) is 0 Å². The van der Waals surface area contributed by atoms with Crippen molar-refractivity contribution in [1.29, 1.82) is 0 Å². The first kappa shape index (κ1) is 14.8. The minimum absolute atomic E-state index is 0.250. The van der Waals surface area contributed by atoms with Crippen molar-refractivity contribution in [3.8, 4) is 0 Å². The molecule has 0 aromatic rings. The predicted octanol–water partition coefficient (Wildman–Crippen LogP) is 2.90. The van der Waals surface area contributed by atoms with Gasteiger partial charge in [0.25, 0.3) is 0 Å². The third kappa shape index (κ3) is 2.81. The Balaban J connectivity index is 1.93. The van der Waals surface area contributed by atoms with E-state index in [1.165, 1.54) is 38.8 Å². The summed E-state index contributed by atoms with van der Waals surface area (Å²) in [6.07, 6.45) is 7.03. The number of carbonyl (C=O) groups is 1. The number of hydrogen-bond acceptors (Lipinski definition) is 2. The molecule has 1 spiro atoms. The lowest BCUT2D eigenvalue weighted by Gasteiger charge is -2.45. The van der Waals surface area contributed by atoms with Crippen molar-refractivity contribution >= 4 is 5.91 Å². The molecule has 19 heavy (non-hydrogen) atoms. The molecule has 110 valence electrons. The number of carbonyl (C=O) groups excluding carboxylic acids is 1. The molecule has 0 unspecified atom stereocenters. The lowest BCUT2D eigenvalue weighted by molar-refractivity contribution is -0.138. The van der Waals surface area contributed by atoms with Crippen molar-refractivity contribution in [3.63, 3.8) is 0 Å². The van der Waals surface area contributed by atoms with Crippen molar-refractivity contribution in [2.45, 2.75) is 64.8 Å². The Hall–Kier alpha value is -0.570. The molecule has 0 aliphatic carbocycles. The summed E-state index contributed by atoms with van der Waals surface area (Å²) in [5, 5.41) is 0. The Morgan fingerprint density at radius 2 is 1.68 bits per heavy atom. The molecule has 0 aromatic heterocycles. The Labute approximate surface area is 118 Å². The smallest absolute Gasteiger partial charge is 0.225 e. The van der Waals surface area contributed by atoms with E-state index < -0.39 is 0 Å². The molecular weight excluding hydrogens is 236 g/mol. The average Bonchev–Trinajstić information content (AvgIpc) is 2.83. The highest BCUT2D eigenvalue weighted by atomic mass is 16.2. The number of rotatable bonds is 4. The molecule has 0 radical (unpaired) electrons. The van der Waals surface area contributed by atoms with Crippen LogP contribution in [0.2, 0.25) is 0 Å². The highest BCUT2D eigenvalue weighted by Gasteiger charge is 2.43. The number of nitrogens with zero attached hydrogens (tertiary/aromatic N) is 2. The maximum absolute atomic E-state index is 12.4. The molecule has 0 aromatic carbocycles. The number of likely N-dealkylation sites (tertiary alicyclic amines) is 2. The minimum atomic E-state index is 0.250. The van der Waals surface area contributed by atoms with Crippen LogP contribution in [0.1, 0.15) is 59.3 Å². The van der Waals surface area contributed by atoms with E-state index in [-0.39, 0.29) is 5.92 Å². The van der Waals surface area contributed by atoms with E-state index in [9.17, 15) is 4.79 Å². The zero-order valence-electron chi connectivity index (χ0n) is 13.0. The highest BCUT2D eigenvalue weighted by Crippen LogP contribution is 2.38. The fraction of sp³-hybridized carbons (Fsp3) is 0.938. The van der Waals surface area contributed by atoms with Gasteiger partial charge in [0.1, 0.15) is 0 Å². The van der Waals surface area contributed by atoms with E-state index >= 15 is 0 Å². The van der Waals surface area contributed by atoms with Crippen LogP contribution < -0.4 is 0 Å². The summed E-state index contributed by atoms with van der Waals surface area (Å²) in [5.74, 6) is 0.654. The van der Waals surface area contributed by atoms with E-state index in [1.807, 2.05) is 0 Å². The van der Waals surface area contributed by atoms with E-state index in [0.29, 0.717) is 11.4 Å². The highest BCUT2D eigenvalue weighted by molar-refractivity contribution is 5.78. The van der Waals surface area contributed by atoms with E-state index in [0.717, 1.165) is 25.9 Å². The Bertz CT molecular complexity index is 304. The van der Waals surface area contributed by atoms with Gasteiger partial charge < -0.3 is 4.90 Å². The summed E-state index contributed by atoms with van der Waals surface area (Å²) in [7, 11) is 0. The van der Waals surface area contributed by atoms with Gasteiger partial charge in [-0.2, -0.15) is 0 Å². The van der Waals surface area contributed by atoms with Crippen LogP contribution in [0.5, 0.6) is 0 Å². The van der Waals surface area contributed by atoms with Gasteiger partial charge in [0.2, 0.25) is 5.91 Å². The van der Waals surface area contributed by atoms with Crippen LogP contribution in [0, 0.1) is 5.92 Å². The van der Waals surface area contributed by atoms with E-state index in [1.54, 1.807) is 0 Å². The number of hydrogen-bond donors (Lipinski definition) is 0. The molecule has 0 atom stereocenters. The molecule has 0 bridgehead atoms. The molecular formula is C16H30N2O. The Morgan fingerprint density at radius 1 is 1.05 bits per heavy atom. The SMILES string of the molecule is CCC(CC)C(=O)N1CCC2(CCCN2CC)CC1. The third-order valence-corrected chi connectivity index (χ3v) is 5.46. The molecule has 2 aliphatic rings. The second-order valence-electron chi connectivity index (χ2n) is 6.25. The molecule has 1 amide bonds. The summed E-state index contributed by atoms with van der Waals surface area (Å²) < 4.78 is 0. The van der Waals surface area contributed by atoms with Gasteiger partial charge in [-0.05, 0) is 51.6 Å². The van der Waals surface area contributed by atoms with Crippen molar-refractivity contribution in [1.82, 2.24) is 9.80 Å². The first-order valence-electron chi connectivity index (χ1n) is 8.20. The van der Waals surface area contributed by atoms with Crippen LogP contribution in [0.4, 0.5) is 0 Å². The molecule has 3 nitrogen and oxygen atoms in total. The molecule has 2 rings (SSSR count). The fourth-order valence-corrected chi connectivity index (χ4v) is 4.09. The minimum Gasteiger partial charge on any atom is -0.342 e. The first-order valence-corrected chi connectivity index (χ1v) is 8.20. The summed E-state index contributed by atoms with van der Waals surface area (Å²) in [6.45, 7) is 10.9. The zero-order valence-corrected chi connectivity index (χ0v) is 13.0. The van der Waals surface area contributed by atoms with Crippen LogP contribution in [0.15, 0.2) is 0 Å². The van der Waals surface area contributed by atoms with Crippen LogP contribution in [0.25, 0.3) is 0 Å². The number of amides is 1. The van der Waals surface area contributed by atoms with Crippen LogP contribution in [0.3, 0.4) is 0 Å².